The molecule has 0 saturated heterocycles. The van der Waals surface area contributed by atoms with Crippen LogP contribution in [0.4, 0.5) is 0 Å². The Morgan fingerprint density at radius 3 is 2.72 bits per heavy atom. The second-order valence-corrected chi connectivity index (χ2v) is 5.38. The van der Waals surface area contributed by atoms with Crippen LogP contribution < -0.4 is 0 Å². The summed E-state index contributed by atoms with van der Waals surface area (Å²) >= 11 is 7.30. The molecular weight excluding hydrogens is 270 g/mol. The zero-order chi connectivity index (χ0) is 12.7. The van der Waals surface area contributed by atoms with Gasteiger partial charge in [-0.1, -0.05) is 35.1 Å². The van der Waals surface area contributed by atoms with Gasteiger partial charge in [0.15, 0.2) is 6.29 Å². The predicted octanol–water partition coefficient (Wildman–Crippen LogP) is 3.23. The Bertz CT molecular complexity index is 730. The van der Waals surface area contributed by atoms with E-state index >= 15 is 0 Å². The van der Waals surface area contributed by atoms with Crippen molar-refractivity contribution < 1.29 is 4.79 Å². The Hall–Kier alpha value is -1.72. The van der Waals surface area contributed by atoms with Gasteiger partial charge in [-0.15, -0.1) is 0 Å². The van der Waals surface area contributed by atoms with Crippen LogP contribution in [0.15, 0.2) is 24.3 Å². The van der Waals surface area contributed by atoms with Crippen molar-refractivity contribution in [3.05, 3.63) is 40.0 Å². The van der Waals surface area contributed by atoms with Gasteiger partial charge in [0.2, 0.25) is 4.96 Å². The lowest BCUT2D eigenvalue weighted by atomic mass is 10.1. The van der Waals surface area contributed by atoms with Crippen LogP contribution in [0.5, 0.6) is 0 Å². The van der Waals surface area contributed by atoms with Crippen LogP contribution >= 0.6 is 22.9 Å². The number of aryl methyl sites for hydroxylation is 1. The largest absolute Gasteiger partial charge is 0.296 e. The van der Waals surface area contributed by atoms with Crippen LogP contribution in [-0.2, 0) is 0 Å². The van der Waals surface area contributed by atoms with Gasteiger partial charge < -0.3 is 0 Å². The Balaban J connectivity index is 2.25. The van der Waals surface area contributed by atoms with Crippen molar-refractivity contribution >= 4 is 34.2 Å². The smallest absolute Gasteiger partial charge is 0.213 e. The van der Waals surface area contributed by atoms with Crippen molar-refractivity contribution in [2.24, 2.45) is 0 Å². The maximum atomic E-state index is 11.2. The molecular formula is C12H8ClN3OS. The van der Waals surface area contributed by atoms with E-state index in [1.165, 1.54) is 11.3 Å². The predicted molar refractivity (Wildman–Crippen MR) is 71.4 cm³/mol. The maximum absolute atomic E-state index is 11.2. The summed E-state index contributed by atoms with van der Waals surface area (Å²) in [4.78, 5) is 16.4. The molecule has 2 aromatic heterocycles. The Morgan fingerprint density at radius 1 is 1.33 bits per heavy atom. The van der Waals surface area contributed by atoms with Crippen molar-refractivity contribution in [3.8, 4) is 11.3 Å². The lowest BCUT2D eigenvalue weighted by Crippen LogP contribution is -1.93. The summed E-state index contributed by atoms with van der Waals surface area (Å²) in [5, 5.41) is 5.80. The van der Waals surface area contributed by atoms with E-state index in [0.29, 0.717) is 16.4 Å². The highest BCUT2D eigenvalue weighted by Gasteiger charge is 2.16. The number of halogens is 1. The number of carbonyl (C=O) groups excluding carboxylic acids is 1. The van der Waals surface area contributed by atoms with E-state index in [1.54, 1.807) is 16.6 Å². The number of rotatable bonds is 2. The van der Waals surface area contributed by atoms with Crippen LogP contribution in [0.25, 0.3) is 16.2 Å². The number of hydrogen-bond acceptors (Lipinski definition) is 4. The molecule has 0 bridgehead atoms. The molecule has 0 amide bonds. The Kier molecular flexibility index (Phi) is 2.65. The van der Waals surface area contributed by atoms with Crippen LogP contribution in [-0.4, -0.2) is 20.9 Å². The molecule has 0 aliphatic heterocycles. The van der Waals surface area contributed by atoms with Gasteiger partial charge >= 0.3 is 0 Å². The molecule has 0 aliphatic carbocycles. The molecule has 2 heterocycles. The quantitative estimate of drug-likeness (QED) is 0.676. The molecule has 1 aromatic carbocycles. The van der Waals surface area contributed by atoms with E-state index < -0.39 is 0 Å². The fourth-order valence-corrected chi connectivity index (χ4v) is 2.66. The number of aldehydes is 1. The highest BCUT2D eigenvalue weighted by molar-refractivity contribution is 7.16. The summed E-state index contributed by atoms with van der Waals surface area (Å²) in [5.74, 6) is 0. The minimum atomic E-state index is 0.469. The zero-order valence-corrected chi connectivity index (χ0v) is 11.0. The SMILES string of the molecule is Cc1nn2c(C=O)c(-c3ccc(Cl)cc3)nc2s1. The monoisotopic (exact) mass is 277 g/mol. The third kappa shape index (κ3) is 1.72. The van der Waals surface area contributed by atoms with Gasteiger partial charge in [0.1, 0.15) is 16.4 Å². The molecule has 0 N–H and O–H groups in total. The third-order valence-electron chi connectivity index (χ3n) is 2.57. The van der Waals surface area contributed by atoms with E-state index in [9.17, 15) is 4.79 Å². The standard InChI is InChI=1S/C12H8ClN3OS/c1-7-15-16-10(6-17)11(14-12(16)18-7)8-2-4-9(13)5-3-8/h2-6H,1H3. The zero-order valence-electron chi connectivity index (χ0n) is 9.42. The molecule has 0 saturated carbocycles. The molecule has 90 valence electrons. The fraction of sp³-hybridized carbons (Fsp3) is 0.0833. The number of benzene rings is 1. The first-order valence-corrected chi connectivity index (χ1v) is 6.46. The van der Waals surface area contributed by atoms with Crippen molar-refractivity contribution in [2.75, 3.05) is 0 Å². The first kappa shape index (κ1) is 11.4. The normalized spacial score (nSPS) is 11.0. The molecule has 18 heavy (non-hydrogen) atoms. The average molecular weight is 278 g/mol. The van der Waals surface area contributed by atoms with Crippen LogP contribution in [0, 0.1) is 6.92 Å². The molecule has 6 heteroatoms. The van der Waals surface area contributed by atoms with Crippen LogP contribution in [0.2, 0.25) is 5.02 Å². The minimum Gasteiger partial charge on any atom is -0.296 e. The van der Waals surface area contributed by atoms with Gasteiger partial charge in [-0.25, -0.2) is 4.98 Å². The summed E-state index contributed by atoms with van der Waals surface area (Å²) < 4.78 is 1.58. The first-order chi connectivity index (χ1) is 8.69. The molecule has 3 rings (SSSR count). The minimum absolute atomic E-state index is 0.469. The number of carbonyl (C=O) groups is 1. The van der Waals surface area contributed by atoms with Gasteiger partial charge in [0.25, 0.3) is 0 Å². The van der Waals surface area contributed by atoms with E-state index in [1.807, 2.05) is 19.1 Å². The topological polar surface area (TPSA) is 47.3 Å². The second-order valence-electron chi connectivity index (χ2n) is 3.79. The van der Waals surface area contributed by atoms with E-state index in [4.69, 9.17) is 11.6 Å². The number of imidazole rings is 1. The molecule has 4 nitrogen and oxygen atoms in total. The molecule has 3 aromatic rings. The van der Waals surface area contributed by atoms with Gasteiger partial charge in [-0.2, -0.15) is 9.61 Å². The second kappa shape index (κ2) is 4.19. The highest BCUT2D eigenvalue weighted by Crippen LogP contribution is 2.26. The number of aromatic nitrogens is 3. The van der Waals surface area contributed by atoms with Crippen molar-refractivity contribution in [3.63, 3.8) is 0 Å². The molecule has 0 unspecified atom stereocenters. The summed E-state index contributed by atoms with van der Waals surface area (Å²) in [5.41, 5.74) is 1.97. The van der Waals surface area contributed by atoms with Crippen molar-refractivity contribution in [1.29, 1.82) is 0 Å². The molecule has 0 fully saturated rings. The maximum Gasteiger partial charge on any atom is 0.213 e. The van der Waals surface area contributed by atoms with Gasteiger partial charge in [-0.3, -0.25) is 4.79 Å². The van der Waals surface area contributed by atoms with E-state index in [0.717, 1.165) is 21.8 Å². The lowest BCUT2D eigenvalue weighted by Gasteiger charge is -1.98. The van der Waals surface area contributed by atoms with Crippen molar-refractivity contribution in [1.82, 2.24) is 14.6 Å². The Morgan fingerprint density at radius 2 is 2.06 bits per heavy atom. The number of nitrogens with zero attached hydrogens (tertiary/aromatic N) is 3. The fourth-order valence-electron chi connectivity index (χ4n) is 1.79. The van der Waals surface area contributed by atoms with Gasteiger partial charge in [-0.05, 0) is 19.1 Å². The van der Waals surface area contributed by atoms with E-state index in [2.05, 4.69) is 10.1 Å². The molecule has 0 aliphatic rings. The summed E-state index contributed by atoms with van der Waals surface area (Å²) in [6.07, 6.45) is 0.781. The Labute approximate surface area is 112 Å². The molecule has 0 spiro atoms. The lowest BCUT2D eigenvalue weighted by molar-refractivity contribution is 0.111. The number of fused-ring (bicyclic) bond motifs is 1. The van der Waals surface area contributed by atoms with Gasteiger partial charge in [0, 0.05) is 10.6 Å². The highest BCUT2D eigenvalue weighted by atomic mass is 35.5. The molecule has 0 atom stereocenters. The van der Waals surface area contributed by atoms with Crippen molar-refractivity contribution in [2.45, 2.75) is 6.92 Å². The summed E-state index contributed by atoms with van der Waals surface area (Å²) in [7, 11) is 0. The average Bonchev–Trinajstić information content (AvgIpc) is 2.85. The third-order valence-corrected chi connectivity index (χ3v) is 3.64. The van der Waals surface area contributed by atoms with Crippen LogP contribution in [0.3, 0.4) is 0 Å². The first-order valence-electron chi connectivity index (χ1n) is 5.26. The van der Waals surface area contributed by atoms with Crippen LogP contribution in [0.1, 0.15) is 15.5 Å². The van der Waals surface area contributed by atoms with Gasteiger partial charge in [0.05, 0.1) is 0 Å². The number of hydrogen-bond donors (Lipinski definition) is 0. The van der Waals surface area contributed by atoms with E-state index in [-0.39, 0.29) is 0 Å². The summed E-state index contributed by atoms with van der Waals surface area (Å²) in [6, 6.07) is 7.23. The molecule has 0 radical (unpaired) electrons. The summed E-state index contributed by atoms with van der Waals surface area (Å²) in [6.45, 7) is 1.88.